The largest absolute Gasteiger partial charge is 0.370 e. The van der Waals surface area contributed by atoms with E-state index >= 15 is 0 Å². The van der Waals surface area contributed by atoms with Gasteiger partial charge in [0.2, 0.25) is 0 Å². The summed E-state index contributed by atoms with van der Waals surface area (Å²) in [4.78, 5) is 8.93. The molecule has 0 saturated heterocycles. The lowest BCUT2D eigenvalue weighted by atomic mass is 9.88. The fourth-order valence-electron chi connectivity index (χ4n) is 1.74. The second kappa shape index (κ2) is 5.98. The van der Waals surface area contributed by atoms with Crippen LogP contribution in [0.2, 0.25) is 5.15 Å². The zero-order chi connectivity index (χ0) is 13.9. The van der Waals surface area contributed by atoms with E-state index < -0.39 is 0 Å². The molecule has 0 aliphatic rings. The van der Waals surface area contributed by atoms with Crippen LogP contribution in [0.4, 0.5) is 0 Å². The van der Waals surface area contributed by atoms with Crippen molar-refractivity contribution in [1.29, 1.82) is 0 Å². The predicted molar refractivity (Wildman–Crippen MR) is 75.0 cm³/mol. The molecule has 0 aliphatic carbocycles. The number of halogens is 1. The molecular formula is C14H23ClN2O. The summed E-state index contributed by atoms with van der Waals surface area (Å²) in [7, 11) is 0. The van der Waals surface area contributed by atoms with Gasteiger partial charge in [-0.05, 0) is 24.3 Å². The van der Waals surface area contributed by atoms with Crippen LogP contribution in [0.25, 0.3) is 0 Å². The van der Waals surface area contributed by atoms with Crippen molar-refractivity contribution in [3.63, 3.8) is 0 Å². The Hall–Kier alpha value is -0.670. The molecule has 0 amide bonds. The van der Waals surface area contributed by atoms with Gasteiger partial charge in [-0.1, -0.05) is 46.2 Å². The lowest BCUT2D eigenvalue weighted by molar-refractivity contribution is -0.0192. The van der Waals surface area contributed by atoms with Gasteiger partial charge in [-0.25, -0.2) is 9.97 Å². The molecule has 0 aliphatic heterocycles. The fourth-order valence-corrected chi connectivity index (χ4v) is 1.94. The van der Waals surface area contributed by atoms with Gasteiger partial charge in [0, 0.05) is 12.3 Å². The molecule has 18 heavy (non-hydrogen) atoms. The van der Waals surface area contributed by atoms with Gasteiger partial charge in [0.1, 0.15) is 11.3 Å². The number of rotatable bonds is 4. The standard InChI is InChI=1S/C14H23ClN2O/c1-7-18-12(14(4,5)6)13-16-10(9(2)3)8-11(15)17-13/h8-9,12H,7H2,1-6H3. The van der Waals surface area contributed by atoms with Crippen LogP contribution >= 0.6 is 11.6 Å². The maximum atomic E-state index is 6.08. The van der Waals surface area contributed by atoms with E-state index in [4.69, 9.17) is 16.3 Å². The lowest BCUT2D eigenvalue weighted by Crippen LogP contribution is -2.24. The molecule has 1 atom stereocenters. The van der Waals surface area contributed by atoms with Crippen molar-refractivity contribution in [1.82, 2.24) is 9.97 Å². The zero-order valence-electron chi connectivity index (χ0n) is 12.1. The van der Waals surface area contributed by atoms with Crippen LogP contribution in [0.15, 0.2) is 6.07 Å². The fraction of sp³-hybridized carbons (Fsp3) is 0.714. The van der Waals surface area contributed by atoms with Crippen LogP contribution in [-0.2, 0) is 4.74 Å². The van der Waals surface area contributed by atoms with Crippen LogP contribution in [0.3, 0.4) is 0 Å². The van der Waals surface area contributed by atoms with Crippen molar-refractivity contribution in [3.05, 3.63) is 22.7 Å². The average Bonchev–Trinajstić information content (AvgIpc) is 2.23. The summed E-state index contributed by atoms with van der Waals surface area (Å²) in [5, 5.41) is 0.484. The van der Waals surface area contributed by atoms with Crippen molar-refractivity contribution in [3.8, 4) is 0 Å². The molecule has 1 rings (SSSR count). The van der Waals surface area contributed by atoms with Gasteiger partial charge < -0.3 is 4.74 Å². The molecule has 1 aromatic rings. The highest BCUT2D eigenvalue weighted by Crippen LogP contribution is 2.35. The third-order valence-electron chi connectivity index (χ3n) is 2.68. The van der Waals surface area contributed by atoms with Gasteiger partial charge in [0.05, 0.1) is 0 Å². The highest BCUT2D eigenvalue weighted by atomic mass is 35.5. The molecule has 0 radical (unpaired) electrons. The second-order valence-corrected chi connectivity index (χ2v) is 6.22. The van der Waals surface area contributed by atoms with Gasteiger partial charge in [-0.3, -0.25) is 0 Å². The van der Waals surface area contributed by atoms with E-state index in [1.807, 2.05) is 13.0 Å². The van der Waals surface area contributed by atoms with E-state index in [1.165, 1.54) is 0 Å². The Morgan fingerprint density at radius 3 is 2.33 bits per heavy atom. The zero-order valence-corrected chi connectivity index (χ0v) is 12.9. The molecule has 4 heteroatoms. The Labute approximate surface area is 115 Å². The number of ether oxygens (including phenoxy) is 1. The van der Waals surface area contributed by atoms with E-state index in [9.17, 15) is 0 Å². The summed E-state index contributed by atoms with van der Waals surface area (Å²) in [6.07, 6.45) is -0.140. The van der Waals surface area contributed by atoms with E-state index in [1.54, 1.807) is 0 Å². The molecule has 0 N–H and O–H groups in total. The van der Waals surface area contributed by atoms with Crippen molar-refractivity contribution >= 4 is 11.6 Å². The average molecular weight is 271 g/mol. The molecule has 0 aromatic carbocycles. The number of hydrogen-bond donors (Lipinski definition) is 0. The minimum absolute atomic E-state index is 0.0606. The first-order chi connectivity index (χ1) is 8.25. The Bertz CT molecular complexity index is 399. The number of hydrogen-bond acceptors (Lipinski definition) is 3. The summed E-state index contributed by atoms with van der Waals surface area (Å²) in [6.45, 7) is 13.2. The van der Waals surface area contributed by atoms with E-state index in [2.05, 4.69) is 44.6 Å². The monoisotopic (exact) mass is 270 g/mol. The van der Waals surface area contributed by atoms with Crippen LogP contribution in [0, 0.1) is 5.41 Å². The Kier molecular flexibility index (Phi) is 5.11. The summed E-state index contributed by atoms with van der Waals surface area (Å²) in [5.41, 5.74) is 0.897. The molecule has 0 spiro atoms. The molecule has 3 nitrogen and oxygen atoms in total. The molecular weight excluding hydrogens is 248 g/mol. The van der Waals surface area contributed by atoms with Crippen LogP contribution in [-0.4, -0.2) is 16.6 Å². The van der Waals surface area contributed by atoms with E-state index in [-0.39, 0.29) is 11.5 Å². The van der Waals surface area contributed by atoms with E-state index in [0.717, 1.165) is 5.69 Å². The number of nitrogens with zero attached hydrogens (tertiary/aromatic N) is 2. The topological polar surface area (TPSA) is 35.0 Å². The SMILES string of the molecule is CCOC(c1nc(Cl)cc(C(C)C)n1)C(C)(C)C. The molecule has 0 saturated carbocycles. The molecule has 1 heterocycles. The van der Waals surface area contributed by atoms with Gasteiger partial charge in [0.15, 0.2) is 5.82 Å². The minimum atomic E-state index is -0.140. The predicted octanol–water partition coefficient (Wildman–Crippen LogP) is 4.38. The normalized spacial score (nSPS) is 14.0. The van der Waals surface area contributed by atoms with Crippen LogP contribution in [0.1, 0.15) is 65.1 Å². The number of aromatic nitrogens is 2. The summed E-state index contributed by atoms with van der Waals surface area (Å²) >= 11 is 6.08. The maximum absolute atomic E-state index is 6.08. The first-order valence-corrected chi connectivity index (χ1v) is 6.79. The Morgan fingerprint density at radius 2 is 1.89 bits per heavy atom. The lowest BCUT2D eigenvalue weighted by Gasteiger charge is -2.29. The molecule has 1 aromatic heterocycles. The summed E-state index contributed by atoms with van der Waals surface area (Å²) in [5.74, 6) is 1.01. The molecule has 102 valence electrons. The van der Waals surface area contributed by atoms with Gasteiger partial charge >= 0.3 is 0 Å². The van der Waals surface area contributed by atoms with Crippen LogP contribution < -0.4 is 0 Å². The van der Waals surface area contributed by atoms with Gasteiger partial charge in [-0.15, -0.1) is 0 Å². The molecule has 1 unspecified atom stereocenters. The highest BCUT2D eigenvalue weighted by molar-refractivity contribution is 6.29. The first kappa shape index (κ1) is 15.4. The Morgan fingerprint density at radius 1 is 1.28 bits per heavy atom. The first-order valence-electron chi connectivity index (χ1n) is 6.41. The minimum Gasteiger partial charge on any atom is -0.370 e. The summed E-state index contributed by atoms with van der Waals surface area (Å²) in [6, 6.07) is 1.82. The smallest absolute Gasteiger partial charge is 0.159 e. The van der Waals surface area contributed by atoms with Crippen molar-refractivity contribution in [2.75, 3.05) is 6.61 Å². The van der Waals surface area contributed by atoms with Gasteiger partial charge in [-0.2, -0.15) is 0 Å². The Balaban J connectivity index is 3.20. The molecule has 0 fully saturated rings. The third kappa shape index (κ3) is 3.92. The van der Waals surface area contributed by atoms with E-state index in [0.29, 0.717) is 23.5 Å². The van der Waals surface area contributed by atoms with Crippen molar-refractivity contribution in [2.24, 2.45) is 5.41 Å². The van der Waals surface area contributed by atoms with Crippen molar-refractivity contribution in [2.45, 2.75) is 53.6 Å². The van der Waals surface area contributed by atoms with Gasteiger partial charge in [0.25, 0.3) is 0 Å². The van der Waals surface area contributed by atoms with Crippen molar-refractivity contribution < 1.29 is 4.74 Å². The molecule has 0 bridgehead atoms. The third-order valence-corrected chi connectivity index (χ3v) is 2.87. The summed E-state index contributed by atoms with van der Waals surface area (Å²) < 4.78 is 5.80. The quantitative estimate of drug-likeness (QED) is 0.762. The van der Waals surface area contributed by atoms with Crippen LogP contribution in [0.5, 0.6) is 0 Å². The second-order valence-electron chi connectivity index (χ2n) is 5.83. The highest BCUT2D eigenvalue weighted by Gasteiger charge is 2.30. The maximum Gasteiger partial charge on any atom is 0.159 e.